The van der Waals surface area contributed by atoms with Gasteiger partial charge in [0, 0.05) is 19.6 Å². The molecule has 1 fully saturated rings. The summed E-state index contributed by atoms with van der Waals surface area (Å²) in [7, 11) is 1.67. The van der Waals surface area contributed by atoms with Crippen LogP contribution in [0.2, 0.25) is 0 Å². The Bertz CT molecular complexity index is 248. The first-order valence-electron chi connectivity index (χ1n) is 6.55. The number of rotatable bonds is 6. The Kier molecular flexibility index (Phi) is 5.40. The summed E-state index contributed by atoms with van der Waals surface area (Å²) in [5, 5.41) is 3.39. The highest BCUT2D eigenvalue weighted by molar-refractivity contribution is 5.80. The predicted molar refractivity (Wildman–Crippen MR) is 68.7 cm³/mol. The fourth-order valence-corrected chi connectivity index (χ4v) is 2.37. The van der Waals surface area contributed by atoms with Gasteiger partial charge in [-0.2, -0.15) is 0 Å². The van der Waals surface area contributed by atoms with Gasteiger partial charge < -0.3 is 15.8 Å². The van der Waals surface area contributed by atoms with Crippen molar-refractivity contribution >= 4 is 5.91 Å². The van der Waals surface area contributed by atoms with Crippen LogP contribution in [0.3, 0.4) is 0 Å². The molecule has 0 bridgehead atoms. The number of ether oxygens (including phenoxy) is 1. The minimum absolute atomic E-state index is 0.277. The molecule has 4 nitrogen and oxygen atoms in total. The van der Waals surface area contributed by atoms with Crippen LogP contribution in [0.15, 0.2) is 0 Å². The molecule has 0 heterocycles. The van der Waals surface area contributed by atoms with Gasteiger partial charge in [0.2, 0.25) is 5.91 Å². The van der Waals surface area contributed by atoms with E-state index in [1.54, 1.807) is 7.11 Å². The summed E-state index contributed by atoms with van der Waals surface area (Å²) < 4.78 is 5.36. The predicted octanol–water partition coefficient (Wildman–Crippen LogP) is 1.58. The highest BCUT2D eigenvalue weighted by atomic mass is 16.5. The fraction of sp³-hybridized carbons (Fsp3) is 0.923. The number of amides is 1. The molecule has 1 rings (SSSR count). The molecule has 1 atom stereocenters. The molecule has 3 N–H and O–H groups in total. The summed E-state index contributed by atoms with van der Waals surface area (Å²) in [6, 6.07) is 0.155. The normalized spacial score (nSPS) is 20.2. The molecule has 0 spiro atoms. The van der Waals surface area contributed by atoms with Crippen LogP contribution in [0.5, 0.6) is 0 Å². The summed E-state index contributed by atoms with van der Waals surface area (Å²) in [5.74, 6) is -0.277. The van der Waals surface area contributed by atoms with Gasteiger partial charge in [0.1, 0.15) is 0 Å². The minimum atomic E-state index is -0.318. The van der Waals surface area contributed by atoms with Gasteiger partial charge >= 0.3 is 0 Å². The summed E-state index contributed by atoms with van der Waals surface area (Å²) in [6.07, 6.45) is 6.72. The topological polar surface area (TPSA) is 64.3 Å². The van der Waals surface area contributed by atoms with Gasteiger partial charge in [0.25, 0.3) is 0 Å². The average Bonchev–Trinajstić information content (AvgIpc) is 2.29. The van der Waals surface area contributed by atoms with Gasteiger partial charge in [-0.25, -0.2) is 0 Å². The van der Waals surface area contributed by atoms with E-state index in [4.69, 9.17) is 10.5 Å². The zero-order valence-corrected chi connectivity index (χ0v) is 11.3. The molecule has 0 saturated heterocycles. The number of hydrogen-bond acceptors (Lipinski definition) is 3. The number of carbonyl (C=O) groups is 1. The van der Waals surface area contributed by atoms with Crippen molar-refractivity contribution in [3.8, 4) is 0 Å². The molecule has 4 heteroatoms. The van der Waals surface area contributed by atoms with Crippen LogP contribution in [0.25, 0.3) is 0 Å². The summed E-state index contributed by atoms with van der Waals surface area (Å²) >= 11 is 0. The first-order chi connectivity index (χ1) is 7.94. The molecule has 0 aliphatic heterocycles. The van der Waals surface area contributed by atoms with Gasteiger partial charge in [0.05, 0.1) is 11.6 Å². The van der Waals surface area contributed by atoms with Gasteiger partial charge in [-0.3, -0.25) is 4.79 Å². The average molecular weight is 242 g/mol. The van der Waals surface area contributed by atoms with E-state index in [1.807, 2.05) is 13.8 Å². The standard InChI is InChI=1S/C13H26N2O2/c1-13(2,17-3)9-11(12(14)16)15-10-7-5-4-6-8-10/h10-11,15H,4-9H2,1-3H3,(H2,14,16). The largest absolute Gasteiger partial charge is 0.379 e. The lowest BCUT2D eigenvalue weighted by molar-refractivity contribution is -0.122. The monoisotopic (exact) mass is 242 g/mol. The maximum atomic E-state index is 11.5. The van der Waals surface area contributed by atoms with E-state index in [0.29, 0.717) is 12.5 Å². The SMILES string of the molecule is COC(C)(C)CC(NC1CCCCC1)C(N)=O. The maximum Gasteiger partial charge on any atom is 0.234 e. The Hall–Kier alpha value is -0.610. The maximum absolute atomic E-state index is 11.5. The van der Waals surface area contributed by atoms with E-state index >= 15 is 0 Å². The van der Waals surface area contributed by atoms with E-state index in [-0.39, 0.29) is 17.6 Å². The third-order valence-corrected chi connectivity index (χ3v) is 3.63. The van der Waals surface area contributed by atoms with Crippen molar-refractivity contribution in [2.24, 2.45) is 5.73 Å². The van der Waals surface area contributed by atoms with Crippen LogP contribution in [0.4, 0.5) is 0 Å². The number of carbonyl (C=O) groups excluding carboxylic acids is 1. The summed E-state index contributed by atoms with van der Waals surface area (Å²) in [6.45, 7) is 3.96. The first kappa shape index (κ1) is 14.5. The van der Waals surface area contributed by atoms with Crippen molar-refractivity contribution in [3.05, 3.63) is 0 Å². The summed E-state index contributed by atoms with van der Waals surface area (Å²) in [4.78, 5) is 11.5. The second-order valence-electron chi connectivity index (χ2n) is 5.62. The lowest BCUT2D eigenvalue weighted by Gasteiger charge is -2.31. The number of primary amides is 1. The van der Waals surface area contributed by atoms with Crippen LogP contribution >= 0.6 is 0 Å². The van der Waals surface area contributed by atoms with Crippen molar-refractivity contribution in [1.82, 2.24) is 5.32 Å². The van der Waals surface area contributed by atoms with E-state index < -0.39 is 0 Å². The zero-order chi connectivity index (χ0) is 12.9. The van der Waals surface area contributed by atoms with Gasteiger partial charge in [0.15, 0.2) is 0 Å². The van der Waals surface area contributed by atoms with Crippen molar-refractivity contribution in [3.63, 3.8) is 0 Å². The molecule has 0 aromatic carbocycles. The molecule has 0 aromatic rings. The second kappa shape index (κ2) is 6.36. The van der Waals surface area contributed by atoms with Gasteiger partial charge in [-0.1, -0.05) is 19.3 Å². The second-order valence-corrected chi connectivity index (χ2v) is 5.62. The van der Waals surface area contributed by atoms with Gasteiger partial charge in [-0.05, 0) is 26.7 Å². The van der Waals surface area contributed by atoms with E-state index in [9.17, 15) is 4.79 Å². The zero-order valence-electron chi connectivity index (χ0n) is 11.3. The number of hydrogen-bond donors (Lipinski definition) is 2. The summed E-state index contributed by atoms with van der Waals surface area (Å²) in [5.41, 5.74) is 5.14. The molecule has 1 amide bonds. The van der Waals surface area contributed by atoms with Crippen LogP contribution in [0.1, 0.15) is 52.4 Å². The Morgan fingerprint density at radius 1 is 1.41 bits per heavy atom. The first-order valence-corrected chi connectivity index (χ1v) is 6.55. The molecule has 17 heavy (non-hydrogen) atoms. The molecule has 1 unspecified atom stereocenters. The van der Waals surface area contributed by atoms with Crippen LogP contribution < -0.4 is 11.1 Å². The molecular weight excluding hydrogens is 216 g/mol. The third kappa shape index (κ3) is 5.04. The molecule has 100 valence electrons. The van der Waals surface area contributed by atoms with Crippen LogP contribution in [-0.2, 0) is 9.53 Å². The fourth-order valence-electron chi connectivity index (χ4n) is 2.37. The molecular formula is C13H26N2O2. The number of nitrogens with two attached hydrogens (primary N) is 1. The van der Waals surface area contributed by atoms with Crippen LogP contribution in [0, 0.1) is 0 Å². The Labute approximate surface area is 104 Å². The molecule has 1 saturated carbocycles. The van der Waals surface area contributed by atoms with Crippen molar-refractivity contribution in [2.45, 2.75) is 70.1 Å². The van der Waals surface area contributed by atoms with Crippen molar-refractivity contribution < 1.29 is 9.53 Å². The lowest BCUT2D eigenvalue weighted by Crippen LogP contribution is -2.50. The van der Waals surface area contributed by atoms with Gasteiger partial charge in [-0.15, -0.1) is 0 Å². The highest BCUT2D eigenvalue weighted by Gasteiger charge is 2.28. The lowest BCUT2D eigenvalue weighted by atomic mass is 9.92. The van der Waals surface area contributed by atoms with E-state index in [2.05, 4.69) is 5.32 Å². The highest BCUT2D eigenvalue weighted by Crippen LogP contribution is 2.20. The third-order valence-electron chi connectivity index (χ3n) is 3.63. The Balaban J connectivity index is 2.50. The van der Waals surface area contributed by atoms with E-state index in [0.717, 1.165) is 12.8 Å². The molecule has 1 aliphatic carbocycles. The number of methoxy groups -OCH3 is 1. The molecule has 0 aromatic heterocycles. The Morgan fingerprint density at radius 3 is 2.47 bits per heavy atom. The smallest absolute Gasteiger partial charge is 0.234 e. The van der Waals surface area contributed by atoms with Crippen molar-refractivity contribution in [1.29, 1.82) is 0 Å². The molecule has 1 aliphatic rings. The Morgan fingerprint density at radius 2 is 2.00 bits per heavy atom. The molecule has 0 radical (unpaired) electrons. The quantitative estimate of drug-likeness (QED) is 0.743. The minimum Gasteiger partial charge on any atom is -0.379 e. The van der Waals surface area contributed by atoms with E-state index in [1.165, 1.54) is 19.3 Å². The van der Waals surface area contributed by atoms with Crippen LogP contribution in [-0.4, -0.2) is 30.7 Å². The number of nitrogens with one attached hydrogen (secondary N) is 1. The van der Waals surface area contributed by atoms with Crippen molar-refractivity contribution in [2.75, 3.05) is 7.11 Å².